The van der Waals surface area contributed by atoms with Crippen molar-refractivity contribution >= 4 is 27.8 Å². The minimum atomic E-state index is -0.376. The van der Waals surface area contributed by atoms with Crippen LogP contribution in [0, 0.1) is 20.8 Å². The topological polar surface area (TPSA) is 72.5 Å². The number of carbonyl (C=O) groups is 1. The maximum atomic E-state index is 12.4. The predicted molar refractivity (Wildman–Crippen MR) is 98.1 cm³/mol. The van der Waals surface area contributed by atoms with Gasteiger partial charge in [-0.1, -0.05) is 6.92 Å². The molecule has 5 heteroatoms. The molecule has 3 rings (SSSR count). The summed E-state index contributed by atoms with van der Waals surface area (Å²) in [7, 11) is 0. The highest BCUT2D eigenvalue weighted by Crippen LogP contribution is 2.32. The van der Waals surface area contributed by atoms with E-state index in [1.54, 1.807) is 6.26 Å². The SMILES string of the molecule is CCCNC(=O)CCc1c(C)c2cc3c(C)coc3c(C)c2oc1=O. The van der Waals surface area contributed by atoms with Crippen molar-refractivity contribution in [3.63, 3.8) is 0 Å². The van der Waals surface area contributed by atoms with Crippen LogP contribution in [0.5, 0.6) is 0 Å². The average molecular weight is 341 g/mol. The minimum Gasteiger partial charge on any atom is -0.464 e. The number of furan rings is 1. The van der Waals surface area contributed by atoms with E-state index in [0.717, 1.165) is 39.5 Å². The fourth-order valence-electron chi connectivity index (χ4n) is 3.20. The number of hydrogen-bond donors (Lipinski definition) is 1. The molecule has 0 aliphatic rings. The Labute approximate surface area is 146 Å². The van der Waals surface area contributed by atoms with Gasteiger partial charge >= 0.3 is 5.63 Å². The van der Waals surface area contributed by atoms with Crippen molar-refractivity contribution in [2.45, 2.75) is 47.0 Å². The zero-order valence-electron chi connectivity index (χ0n) is 15.1. The largest absolute Gasteiger partial charge is 0.464 e. The van der Waals surface area contributed by atoms with Gasteiger partial charge in [0.05, 0.1) is 6.26 Å². The molecule has 3 aromatic rings. The van der Waals surface area contributed by atoms with E-state index in [-0.39, 0.29) is 18.0 Å². The Morgan fingerprint density at radius 3 is 2.60 bits per heavy atom. The molecule has 1 aromatic carbocycles. The Hall–Kier alpha value is -2.56. The quantitative estimate of drug-likeness (QED) is 0.714. The minimum absolute atomic E-state index is 0.0435. The zero-order chi connectivity index (χ0) is 18.1. The standard InChI is InChI=1S/C20H23NO4/c1-5-8-21-17(22)7-6-14-12(3)16-9-15-11(2)10-24-18(15)13(4)19(16)25-20(14)23/h9-10H,5-8H2,1-4H3,(H,21,22). The molecule has 1 N–H and O–H groups in total. The van der Waals surface area contributed by atoms with Crippen molar-refractivity contribution < 1.29 is 13.6 Å². The molecule has 5 nitrogen and oxygen atoms in total. The molecule has 0 unspecified atom stereocenters. The maximum absolute atomic E-state index is 12.4. The molecule has 0 radical (unpaired) electrons. The molecule has 0 aliphatic heterocycles. The lowest BCUT2D eigenvalue weighted by Gasteiger charge is -2.10. The van der Waals surface area contributed by atoms with E-state index in [1.807, 2.05) is 33.8 Å². The summed E-state index contributed by atoms with van der Waals surface area (Å²) in [6, 6.07) is 2.01. The summed E-state index contributed by atoms with van der Waals surface area (Å²) in [6.07, 6.45) is 3.26. The molecule has 132 valence electrons. The van der Waals surface area contributed by atoms with E-state index in [1.165, 1.54) is 0 Å². The third kappa shape index (κ3) is 3.06. The van der Waals surface area contributed by atoms with Crippen LogP contribution in [0.3, 0.4) is 0 Å². The van der Waals surface area contributed by atoms with E-state index in [2.05, 4.69) is 5.32 Å². The Morgan fingerprint density at radius 1 is 1.12 bits per heavy atom. The first-order valence-electron chi connectivity index (χ1n) is 8.64. The molecule has 0 bridgehead atoms. The summed E-state index contributed by atoms with van der Waals surface area (Å²) in [5.41, 5.74) is 4.25. The Morgan fingerprint density at radius 2 is 1.88 bits per heavy atom. The molecule has 0 saturated heterocycles. The van der Waals surface area contributed by atoms with Crippen molar-refractivity contribution in [2.75, 3.05) is 6.54 Å². The lowest BCUT2D eigenvalue weighted by molar-refractivity contribution is -0.121. The van der Waals surface area contributed by atoms with Crippen molar-refractivity contribution in [3.05, 3.63) is 45.0 Å². The second-order valence-electron chi connectivity index (χ2n) is 6.52. The predicted octanol–water partition coefficient (Wildman–Crippen LogP) is 3.92. The van der Waals surface area contributed by atoms with Gasteiger partial charge in [-0.3, -0.25) is 4.79 Å². The van der Waals surface area contributed by atoms with Gasteiger partial charge in [-0.05, 0) is 50.8 Å². The fraction of sp³-hybridized carbons (Fsp3) is 0.400. The number of amides is 1. The number of nitrogens with one attached hydrogen (secondary N) is 1. The summed E-state index contributed by atoms with van der Waals surface area (Å²) < 4.78 is 11.2. The van der Waals surface area contributed by atoms with Crippen LogP contribution in [0.1, 0.15) is 42.0 Å². The molecule has 0 aliphatic carbocycles. The van der Waals surface area contributed by atoms with Crippen LogP contribution in [0.15, 0.2) is 26.0 Å². The van der Waals surface area contributed by atoms with Crippen LogP contribution >= 0.6 is 0 Å². The summed E-state index contributed by atoms with van der Waals surface area (Å²) in [4.78, 5) is 24.3. The molecule has 2 heterocycles. The number of carbonyl (C=O) groups excluding carboxylic acids is 1. The normalized spacial score (nSPS) is 11.4. The summed E-state index contributed by atoms with van der Waals surface area (Å²) in [6.45, 7) is 8.46. The second-order valence-corrected chi connectivity index (χ2v) is 6.52. The lowest BCUT2D eigenvalue weighted by Crippen LogP contribution is -2.25. The van der Waals surface area contributed by atoms with E-state index >= 15 is 0 Å². The van der Waals surface area contributed by atoms with Gasteiger partial charge in [0.25, 0.3) is 0 Å². The lowest BCUT2D eigenvalue weighted by atomic mass is 9.98. The molecule has 1 amide bonds. The molecule has 25 heavy (non-hydrogen) atoms. The molecular weight excluding hydrogens is 318 g/mol. The highest BCUT2D eigenvalue weighted by atomic mass is 16.4. The Balaban J connectivity index is 2.06. The molecule has 2 aromatic heterocycles. The summed E-state index contributed by atoms with van der Waals surface area (Å²) in [5.74, 6) is -0.0435. The van der Waals surface area contributed by atoms with Crippen LogP contribution in [0.4, 0.5) is 0 Å². The van der Waals surface area contributed by atoms with E-state index < -0.39 is 0 Å². The van der Waals surface area contributed by atoms with Crippen molar-refractivity contribution in [3.8, 4) is 0 Å². The molecular formula is C20H23NO4. The molecule has 0 atom stereocenters. The number of benzene rings is 1. The van der Waals surface area contributed by atoms with Gasteiger partial charge in [-0.15, -0.1) is 0 Å². The zero-order valence-corrected chi connectivity index (χ0v) is 15.1. The first-order chi connectivity index (χ1) is 11.9. The fourth-order valence-corrected chi connectivity index (χ4v) is 3.20. The van der Waals surface area contributed by atoms with Crippen LogP contribution < -0.4 is 10.9 Å². The molecule has 0 fully saturated rings. The highest BCUT2D eigenvalue weighted by molar-refractivity contribution is 5.99. The van der Waals surface area contributed by atoms with Crippen molar-refractivity contribution in [2.24, 2.45) is 0 Å². The number of hydrogen-bond acceptors (Lipinski definition) is 4. The van der Waals surface area contributed by atoms with E-state index in [4.69, 9.17) is 8.83 Å². The van der Waals surface area contributed by atoms with Gasteiger partial charge < -0.3 is 14.2 Å². The van der Waals surface area contributed by atoms with Crippen molar-refractivity contribution in [1.29, 1.82) is 0 Å². The second kappa shape index (κ2) is 6.75. The van der Waals surface area contributed by atoms with E-state index in [9.17, 15) is 9.59 Å². The van der Waals surface area contributed by atoms with Crippen LogP contribution in [0.25, 0.3) is 21.9 Å². The maximum Gasteiger partial charge on any atom is 0.339 e. The number of aryl methyl sites for hydroxylation is 3. The van der Waals surface area contributed by atoms with Crippen LogP contribution in [0.2, 0.25) is 0 Å². The van der Waals surface area contributed by atoms with Gasteiger partial charge in [-0.2, -0.15) is 0 Å². The number of rotatable bonds is 5. The van der Waals surface area contributed by atoms with Gasteiger partial charge in [0.2, 0.25) is 5.91 Å². The van der Waals surface area contributed by atoms with Crippen molar-refractivity contribution in [1.82, 2.24) is 5.32 Å². The highest BCUT2D eigenvalue weighted by Gasteiger charge is 2.17. The Kier molecular flexibility index (Phi) is 4.66. The molecule has 0 spiro atoms. The van der Waals surface area contributed by atoms with Gasteiger partial charge in [0, 0.05) is 34.9 Å². The summed E-state index contributed by atoms with van der Waals surface area (Å²) in [5, 5.41) is 4.75. The van der Waals surface area contributed by atoms with Gasteiger partial charge in [0.1, 0.15) is 11.2 Å². The third-order valence-corrected chi connectivity index (χ3v) is 4.71. The Bertz CT molecular complexity index is 1010. The van der Waals surface area contributed by atoms with Crippen LogP contribution in [-0.2, 0) is 11.2 Å². The first-order valence-corrected chi connectivity index (χ1v) is 8.64. The first kappa shape index (κ1) is 17.3. The average Bonchev–Trinajstić information content (AvgIpc) is 2.95. The number of fused-ring (bicyclic) bond motifs is 2. The van der Waals surface area contributed by atoms with Crippen LogP contribution in [-0.4, -0.2) is 12.5 Å². The van der Waals surface area contributed by atoms with Gasteiger partial charge in [-0.25, -0.2) is 4.79 Å². The third-order valence-electron chi connectivity index (χ3n) is 4.71. The van der Waals surface area contributed by atoms with Gasteiger partial charge in [0.15, 0.2) is 0 Å². The molecule has 0 saturated carbocycles. The summed E-state index contributed by atoms with van der Waals surface area (Å²) >= 11 is 0. The monoisotopic (exact) mass is 341 g/mol. The smallest absolute Gasteiger partial charge is 0.339 e. The van der Waals surface area contributed by atoms with E-state index in [0.29, 0.717) is 24.1 Å².